The molecule has 3 rings (SSSR count). The van der Waals surface area contributed by atoms with E-state index in [1.165, 1.54) is 11.1 Å². The third kappa shape index (κ3) is 2.22. The Morgan fingerprint density at radius 2 is 2.00 bits per heavy atom. The van der Waals surface area contributed by atoms with Gasteiger partial charge in [-0.2, -0.15) is 0 Å². The van der Waals surface area contributed by atoms with Crippen molar-refractivity contribution < 1.29 is 4.79 Å². The van der Waals surface area contributed by atoms with Crippen LogP contribution < -0.4 is 0 Å². The van der Waals surface area contributed by atoms with Crippen molar-refractivity contribution >= 4 is 27.8 Å². The number of rotatable bonds is 1. The molecule has 1 aliphatic carbocycles. The summed E-state index contributed by atoms with van der Waals surface area (Å²) in [4.78, 5) is 16.5. The van der Waals surface area contributed by atoms with E-state index in [0.29, 0.717) is 6.42 Å². The smallest absolute Gasteiger partial charge is 0.189 e. The number of halogens is 1. The molecular formula is C17H14BrNO. The van der Waals surface area contributed by atoms with Crippen LogP contribution in [-0.4, -0.2) is 10.8 Å². The molecule has 0 aliphatic heterocycles. The lowest BCUT2D eigenvalue weighted by Gasteiger charge is -2.02. The molecule has 1 aliphatic rings. The first-order valence-corrected chi connectivity index (χ1v) is 7.30. The highest BCUT2D eigenvalue weighted by Gasteiger charge is 2.25. The quantitative estimate of drug-likeness (QED) is 0.731. The fourth-order valence-corrected chi connectivity index (χ4v) is 2.86. The lowest BCUT2D eigenvalue weighted by atomic mass is 10.0. The summed E-state index contributed by atoms with van der Waals surface area (Å²) in [6.45, 7) is 4.13. The van der Waals surface area contributed by atoms with Crippen molar-refractivity contribution in [3.8, 4) is 0 Å². The van der Waals surface area contributed by atoms with Crippen molar-refractivity contribution in [1.82, 2.24) is 4.98 Å². The van der Waals surface area contributed by atoms with Gasteiger partial charge in [-0.15, -0.1) is 0 Å². The van der Waals surface area contributed by atoms with E-state index in [2.05, 4.69) is 33.9 Å². The van der Waals surface area contributed by atoms with Crippen LogP contribution >= 0.6 is 15.9 Å². The molecular weight excluding hydrogens is 314 g/mol. The normalized spacial score (nSPS) is 15.8. The topological polar surface area (TPSA) is 30.0 Å². The number of hydrogen-bond donors (Lipinski definition) is 0. The second-order valence-electron chi connectivity index (χ2n) is 5.17. The highest BCUT2D eigenvalue weighted by atomic mass is 79.9. The average Bonchev–Trinajstić information content (AvgIpc) is 2.70. The Bertz CT molecular complexity index is 747. The Hall–Kier alpha value is -1.74. The largest absolute Gasteiger partial charge is 0.289 e. The van der Waals surface area contributed by atoms with Crippen LogP contribution in [0.5, 0.6) is 0 Å². The van der Waals surface area contributed by atoms with Gasteiger partial charge in [0, 0.05) is 34.4 Å². The van der Waals surface area contributed by atoms with Crippen molar-refractivity contribution in [2.75, 3.05) is 0 Å². The molecule has 0 atom stereocenters. The van der Waals surface area contributed by atoms with Crippen molar-refractivity contribution in [3.63, 3.8) is 0 Å². The number of Topliss-reactive ketones (excluding diaryl/α,β-unsaturated/α-hetero) is 1. The van der Waals surface area contributed by atoms with Gasteiger partial charge >= 0.3 is 0 Å². The van der Waals surface area contributed by atoms with Crippen LogP contribution in [0.1, 0.15) is 32.6 Å². The van der Waals surface area contributed by atoms with Crippen LogP contribution in [0.3, 0.4) is 0 Å². The molecule has 0 saturated carbocycles. The van der Waals surface area contributed by atoms with E-state index >= 15 is 0 Å². The fourth-order valence-electron chi connectivity index (χ4n) is 2.50. The number of carbonyl (C=O) groups is 1. The number of ketones is 1. The molecule has 3 heteroatoms. The fraction of sp³-hybridized carbons (Fsp3) is 0.176. The minimum absolute atomic E-state index is 0.145. The molecule has 2 aromatic rings. The first kappa shape index (κ1) is 13.3. The van der Waals surface area contributed by atoms with Crippen molar-refractivity contribution in [2.24, 2.45) is 0 Å². The van der Waals surface area contributed by atoms with Crippen LogP contribution in [0.2, 0.25) is 0 Å². The Balaban J connectivity index is 2.04. The number of nitrogens with zero attached hydrogens (tertiary/aromatic N) is 1. The summed E-state index contributed by atoms with van der Waals surface area (Å²) in [5.74, 6) is 0.145. The van der Waals surface area contributed by atoms with Crippen LogP contribution in [0.25, 0.3) is 6.08 Å². The molecule has 0 radical (unpaired) electrons. The number of aromatic nitrogens is 1. The molecule has 0 unspecified atom stereocenters. The van der Waals surface area contributed by atoms with Gasteiger partial charge in [-0.25, -0.2) is 0 Å². The second kappa shape index (κ2) is 4.98. The van der Waals surface area contributed by atoms with Crippen molar-refractivity contribution in [1.29, 1.82) is 0 Å². The third-order valence-electron chi connectivity index (χ3n) is 3.77. The van der Waals surface area contributed by atoms with Gasteiger partial charge in [0.2, 0.25) is 0 Å². The van der Waals surface area contributed by atoms with E-state index in [1.54, 1.807) is 12.4 Å². The Kier molecular flexibility index (Phi) is 3.30. The standard InChI is InChI=1S/C17H14BrNO/c1-10-5-13-8-14(17(20)15(13)6-11(10)2)7-12-3-4-19-9-16(12)18/h3-7,9H,8H2,1-2H3/b14-7+. The molecule has 0 spiro atoms. The SMILES string of the molecule is Cc1cc2c(cc1C)C(=O)/C(=C/c1ccncc1Br)C2. The maximum Gasteiger partial charge on any atom is 0.189 e. The Labute approximate surface area is 126 Å². The molecule has 0 bridgehead atoms. The van der Waals surface area contributed by atoms with E-state index in [4.69, 9.17) is 0 Å². The highest BCUT2D eigenvalue weighted by Crippen LogP contribution is 2.31. The number of aryl methyl sites for hydroxylation is 2. The van der Waals surface area contributed by atoms with Gasteiger partial charge < -0.3 is 0 Å². The summed E-state index contributed by atoms with van der Waals surface area (Å²) in [5.41, 5.74) is 6.23. The molecule has 1 heterocycles. The summed E-state index contributed by atoms with van der Waals surface area (Å²) in [6.07, 6.45) is 6.15. The van der Waals surface area contributed by atoms with Crippen LogP contribution in [0.4, 0.5) is 0 Å². The molecule has 100 valence electrons. The summed E-state index contributed by atoms with van der Waals surface area (Å²) >= 11 is 3.46. The summed E-state index contributed by atoms with van der Waals surface area (Å²) in [7, 11) is 0. The first-order chi connectivity index (χ1) is 9.56. The van der Waals surface area contributed by atoms with E-state index in [-0.39, 0.29) is 5.78 Å². The van der Waals surface area contributed by atoms with E-state index < -0.39 is 0 Å². The van der Waals surface area contributed by atoms with Gasteiger partial charge in [-0.05, 0) is 70.2 Å². The minimum atomic E-state index is 0.145. The summed E-state index contributed by atoms with van der Waals surface area (Å²) < 4.78 is 0.906. The second-order valence-corrected chi connectivity index (χ2v) is 6.02. The van der Waals surface area contributed by atoms with E-state index in [9.17, 15) is 4.79 Å². The first-order valence-electron chi connectivity index (χ1n) is 6.51. The maximum absolute atomic E-state index is 12.5. The molecule has 2 nitrogen and oxygen atoms in total. The lowest BCUT2D eigenvalue weighted by molar-refractivity contribution is 0.104. The predicted molar refractivity (Wildman–Crippen MR) is 83.9 cm³/mol. The van der Waals surface area contributed by atoms with Crippen LogP contribution in [0, 0.1) is 13.8 Å². The zero-order chi connectivity index (χ0) is 14.3. The lowest BCUT2D eigenvalue weighted by Crippen LogP contribution is -1.96. The molecule has 0 fully saturated rings. The van der Waals surface area contributed by atoms with Crippen LogP contribution in [0.15, 0.2) is 40.6 Å². The Morgan fingerprint density at radius 3 is 2.75 bits per heavy atom. The third-order valence-corrected chi connectivity index (χ3v) is 4.43. The average molecular weight is 328 g/mol. The summed E-state index contributed by atoms with van der Waals surface area (Å²) in [6, 6.07) is 6.05. The molecule has 0 saturated heterocycles. The van der Waals surface area contributed by atoms with Crippen LogP contribution in [-0.2, 0) is 6.42 Å². The van der Waals surface area contributed by atoms with Crippen molar-refractivity contribution in [2.45, 2.75) is 20.3 Å². The van der Waals surface area contributed by atoms with E-state index in [1.807, 2.05) is 25.1 Å². The molecule has 0 amide bonds. The van der Waals surface area contributed by atoms with Gasteiger partial charge in [0.25, 0.3) is 0 Å². The predicted octanol–water partition coefficient (Wildman–Crippen LogP) is 4.28. The van der Waals surface area contributed by atoms with E-state index in [0.717, 1.165) is 26.7 Å². The van der Waals surface area contributed by atoms with Crippen molar-refractivity contribution in [3.05, 3.63) is 68.5 Å². The minimum Gasteiger partial charge on any atom is -0.289 e. The number of hydrogen-bond acceptors (Lipinski definition) is 2. The Morgan fingerprint density at radius 1 is 1.25 bits per heavy atom. The van der Waals surface area contributed by atoms with Gasteiger partial charge in [-0.3, -0.25) is 9.78 Å². The zero-order valence-corrected chi connectivity index (χ0v) is 13.0. The summed E-state index contributed by atoms with van der Waals surface area (Å²) in [5, 5.41) is 0. The number of fused-ring (bicyclic) bond motifs is 1. The zero-order valence-electron chi connectivity index (χ0n) is 11.4. The number of benzene rings is 1. The monoisotopic (exact) mass is 327 g/mol. The molecule has 1 aromatic heterocycles. The maximum atomic E-state index is 12.5. The van der Waals surface area contributed by atoms with Gasteiger partial charge in [0.1, 0.15) is 0 Å². The molecule has 1 aromatic carbocycles. The van der Waals surface area contributed by atoms with Gasteiger partial charge in [-0.1, -0.05) is 6.07 Å². The molecule has 20 heavy (non-hydrogen) atoms. The number of pyridine rings is 1. The number of carbonyl (C=O) groups excluding carboxylic acids is 1. The highest BCUT2D eigenvalue weighted by molar-refractivity contribution is 9.10. The molecule has 0 N–H and O–H groups in total. The number of allylic oxidation sites excluding steroid dienone is 1. The van der Waals surface area contributed by atoms with Gasteiger partial charge in [0.15, 0.2) is 5.78 Å². The van der Waals surface area contributed by atoms with Gasteiger partial charge in [0.05, 0.1) is 0 Å².